The van der Waals surface area contributed by atoms with E-state index in [9.17, 15) is 0 Å². The average Bonchev–Trinajstić information content (AvgIpc) is 3.49. The molecule has 1 unspecified atom stereocenters. The second kappa shape index (κ2) is 6.66. The summed E-state index contributed by atoms with van der Waals surface area (Å²) in [7, 11) is 0. The molecule has 5 rings (SSSR count). The molecule has 1 atom stereocenters. The Kier molecular flexibility index (Phi) is 3.97. The molecule has 0 fully saturated rings. The summed E-state index contributed by atoms with van der Waals surface area (Å²) in [5, 5.41) is 20.3. The van der Waals surface area contributed by atoms with Gasteiger partial charge in [0.1, 0.15) is 6.33 Å². The molecular formula is C21H19N7O. The first-order chi connectivity index (χ1) is 14.1. The highest BCUT2D eigenvalue weighted by Crippen LogP contribution is 2.38. The topological polar surface area (TPSA) is 93.9 Å². The molecule has 0 saturated carbocycles. The molecule has 0 radical (unpaired) electrons. The first-order valence-corrected chi connectivity index (χ1v) is 9.35. The Balaban J connectivity index is 1.66. The number of hydrogen-bond donors (Lipinski definition) is 1. The minimum atomic E-state index is -0.351. The number of fused-ring (bicyclic) bond motifs is 1. The summed E-state index contributed by atoms with van der Waals surface area (Å²) < 4.78 is 7.96. The molecule has 1 aromatic carbocycles. The molecule has 8 nitrogen and oxygen atoms in total. The predicted octanol–water partition coefficient (Wildman–Crippen LogP) is 3.43. The van der Waals surface area contributed by atoms with Crippen molar-refractivity contribution >= 4 is 5.65 Å². The lowest BCUT2D eigenvalue weighted by molar-refractivity contribution is 0.201. The highest BCUT2D eigenvalue weighted by Gasteiger charge is 2.30. The third-order valence-corrected chi connectivity index (χ3v) is 5.07. The van der Waals surface area contributed by atoms with Crippen molar-refractivity contribution < 1.29 is 4.74 Å². The Morgan fingerprint density at radius 2 is 1.90 bits per heavy atom. The van der Waals surface area contributed by atoms with Crippen LogP contribution in [0.25, 0.3) is 17.0 Å². The maximum atomic E-state index is 6.25. The molecule has 0 amide bonds. The minimum absolute atomic E-state index is 0.343. The average molecular weight is 385 g/mol. The van der Waals surface area contributed by atoms with Crippen molar-refractivity contribution in [1.82, 2.24) is 35.0 Å². The van der Waals surface area contributed by atoms with Crippen molar-refractivity contribution in [2.45, 2.75) is 25.4 Å². The predicted molar refractivity (Wildman–Crippen MR) is 107 cm³/mol. The number of H-pyrrole nitrogens is 1. The van der Waals surface area contributed by atoms with Gasteiger partial charge in [0.15, 0.2) is 23.4 Å². The van der Waals surface area contributed by atoms with Crippen LogP contribution in [0, 0.1) is 0 Å². The van der Waals surface area contributed by atoms with Crippen molar-refractivity contribution in [3.8, 4) is 17.3 Å². The molecule has 8 heteroatoms. The molecule has 1 N–H and O–H groups in total. The highest BCUT2D eigenvalue weighted by atomic mass is 16.5. The van der Waals surface area contributed by atoms with Gasteiger partial charge in [0.25, 0.3) is 0 Å². The summed E-state index contributed by atoms with van der Waals surface area (Å²) in [4.78, 5) is 4.20. The van der Waals surface area contributed by atoms with Gasteiger partial charge in [-0.2, -0.15) is 9.61 Å². The smallest absolute Gasteiger partial charge is 0.237 e. The molecule has 3 aromatic heterocycles. The molecule has 0 saturated heterocycles. The third-order valence-electron chi connectivity index (χ3n) is 5.07. The van der Waals surface area contributed by atoms with E-state index in [-0.39, 0.29) is 11.5 Å². The third kappa shape index (κ3) is 2.98. The van der Waals surface area contributed by atoms with Gasteiger partial charge in [0, 0.05) is 16.5 Å². The van der Waals surface area contributed by atoms with E-state index >= 15 is 0 Å². The molecule has 3 heterocycles. The highest BCUT2D eigenvalue weighted by molar-refractivity contribution is 5.60. The van der Waals surface area contributed by atoms with E-state index in [0.717, 1.165) is 11.1 Å². The molecule has 144 valence electrons. The Hall–Kier alpha value is -3.81. The van der Waals surface area contributed by atoms with Crippen LogP contribution < -0.4 is 4.74 Å². The van der Waals surface area contributed by atoms with Crippen LogP contribution in [0.1, 0.15) is 31.3 Å². The fraction of sp³-hybridized carbons (Fsp3) is 0.190. The molecule has 29 heavy (non-hydrogen) atoms. The summed E-state index contributed by atoms with van der Waals surface area (Å²) in [5.41, 5.74) is 2.16. The fourth-order valence-corrected chi connectivity index (χ4v) is 3.44. The second-order valence-corrected chi connectivity index (χ2v) is 7.15. The number of hydrogen-bond acceptors (Lipinski definition) is 6. The summed E-state index contributed by atoms with van der Waals surface area (Å²) in [6, 6.07) is 11.8. The zero-order valence-corrected chi connectivity index (χ0v) is 16.0. The van der Waals surface area contributed by atoms with E-state index in [2.05, 4.69) is 44.5 Å². The molecule has 4 aromatic rings. The lowest BCUT2D eigenvalue weighted by Crippen LogP contribution is -2.19. The van der Waals surface area contributed by atoms with Crippen LogP contribution in [0.2, 0.25) is 0 Å². The lowest BCUT2D eigenvalue weighted by atomic mass is 9.85. The van der Waals surface area contributed by atoms with E-state index in [1.165, 1.54) is 6.33 Å². The number of aromatic nitrogens is 7. The van der Waals surface area contributed by atoms with Crippen LogP contribution in [0.15, 0.2) is 67.0 Å². The monoisotopic (exact) mass is 385 g/mol. The van der Waals surface area contributed by atoms with Crippen molar-refractivity contribution in [2.24, 2.45) is 0 Å². The van der Waals surface area contributed by atoms with Gasteiger partial charge in [-0.25, -0.2) is 4.98 Å². The Labute approximate surface area is 167 Å². The van der Waals surface area contributed by atoms with Crippen LogP contribution in [0.4, 0.5) is 0 Å². The Bertz CT molecular complexity index is 1200. The largest absolute Gasteiger partial charge is 0.465 e. The van der Waals surface area contributed by atoms with Crippen LogP contribution in [0.3, 0.4) is 0 Å². The van der Waals surface area contributed by atoms with E-state index in [0.29, 0.717) is 23.2 Å². The van der Waals surface area contributed by atoms with E-state index in [1.54, 1.807) is 4.52 Å². The normalized spacial score (nSPS) is 15.8. The van der Waals surface area contributed by atoms with Crippen LogP contribution in [0.5, 0.6) is 5.88 Å². The zero-order chi connectivity index (χ0) is 19.8. The van der Waals surface area contributed by atoms with Crippen LogP contribution >= 0.6 is 0 Å². The standard InChI is InChI=1S/C21H19N7O/c1-14(18-22-13-23-25-18)29-20-16(21(2)10-6-7-11-21)12-17-24-26-19(28(17)27-20)15-8-4-3-5-9-15/h3-14H,1-2H3,(H,22,23,25). The zero-order valence-electron chi connectivity index (χ0n) is 16.0. The van der Waals surface area contributed by atoms with Gasteiger partial charge >= 0.3 is 0 Å². The van der Waals surface area contributed by atoms with E-state index in [4.69, 9.17) is 9.84 Å². The number of rotatable bonds is 5. The molecular weight excluding hydrogens is 366 g/mol. The van der Waals surface area contributed by atoms with Crippen LogP contribution in [-0.2, 0) is 5.41 Å². The number of nitrogens with one attached hydrogen (secondary N) is 1. The first kappa shape index (κ1) is 17.3. The van der Waals surface area contributed by atoms with Crippen molar-refractivity contribution in [2.75, 3.05) is 0 Å². The second-order valence-electron chi connectivity index (χ2n) is 7.15. The Morgan fingerprint density at radius 3 is 2.62 bits per heavy atom. The van der Waals surface area contributed by atoms with Gasteiger partial charge in [-0.05, 0) is 19.9 Å². The quantitative estimate of drug-likeness (QED) is 0.566. The van der Waals surface area contributed by atoms with Crippen molar-refractivity contribution in [1.29, 1.82) is 0 Å². The maximum Gasteiger partial charge on any atom is 0.237 e. The number of aromatic amines is 1. The van der Waals surface area contributed by atoms with Crippen LogP contribution in [-0.4, -0.2) is 35.0 Å². The number of benzene rings is 1. The molecule has 0 aliphatic heterocycles. The van der Waals surface area contributed by atoms with Gasteiger partial charge < -0.3 is 4.74 Å². The van der Waals surface area contributed by atoms with Gasteiger partial charge in [-0.1, -0.05) is 54.6 Å². The van der Waals surface area contributed by atoms with Crippen molar-refractivity contribution in [3.63, 3.8) is 0 Å². The number of nitrogens with zero attached hydrogens (tertiary/aromatic N) is 6. The summed E-state index contributed by atoms with van der Waals surface area (Å²) >= 11 is 0. The SMILES string of the molecule is CC(Oc1nn2c(-c3ccccc3)nnc2cc1C1(C)C=CC=C1)c1ncn[nH]1. The molecule has 0 bridgehead atoms. The molecule has 0 spiro atoms. The number of ether oxygens (including phenoxy) is 1. The summed E-state index contributed by atoms with van der Waals surface area (Å²) in [6.07, 6.45) is 9.38. The fourth-order valence-electron chi connectivity index (χ4n) is 3.44. The summed E-state index contributed by atoms with van der Waals surface area (Å²) in [5.74, 6) is 1.79. The van der Waals surface area contributed by atoms with Gasteiger partial charge in [-0.15, -0.1) is 15.3 Å². The maximum absolute atomic E-state index is 6.25. The molecule has 1 aliphatic rings. The lowest BCUT2D eigenvalue weighted by Gasteiger charge is -2.24. The summed E-state index contributed by atoms with van der Waals surface area (Å²) in [6.45, 7) is 4.02. The van der Waals surface area contributed by atoms with E-state index < -0.39 is 0 Å². The minimum Gasteiger partial charge on any atom is -0.465 e. The van der Waals surface area contributed by atoms with Crippen molar-refractivity contribution in [3.05, 3.63) is 78.4 Å². The molecule has 1 aliphatic carbocycles. The van der Waals surface area contributed by atoms with Gasteiger partial charge in [-0.3, -0.25) is 5.10 Å². The van der Waals surface area contributed by atoms with E-state index in [1.807, 2.05) is 55.5 Å². The first-order valence-electron chi connectivity index (χ1n) is 9.35. The van der Waals surface area contributed by atoms with Gasteiger partial charge in [0.05, 0.1) is 0 Å². The van der Waals surface area contributed by atoms with Gasteiger partial charge in [0.2, 0.25) is 5.88 Å². The Morgan fingerprint density at radius 1 is 1.10 bits per heavy atom. The number of allylic oxidation sites excluding steroid dienone is 4.